The molecule has 0 bridgehead atoms. The summed E-state index contributed by atoms with van der Waals surface area (Å²) in [6, 6.07) is 18.8. The van der Waals surface area contributed by atoms with Gasteiger partial charge < -0.3 is 10.6 Å². The van der Waals surface area contributed by atoms with Gasteiger partial charge in [-0.1, -0.05) is 71.6 Å². The Hall–Kier alpha value is -2.71. The van der Waals surface area contributed by atoms with E-state index in [0.29, 0.717) is 16.6 Å². The fraction of sp³-hybridized carbons (Fsp3) is 0.111. The monoisotopic (exact) mass is 384 g/mol. The molecule has 0 aliphatic carbocycles. The van der Waals surface area contributed by atoms with Crippen LogP contribution in [0.4, 0.5) is 5.69 Å². The van der Waals surface area contributed by atoms with Crippen molar-refractivity contribution in [3.05, 3.63) is 71.2 Å². The van der Waals surface area contributed by atoms with Crippen LogP contribution in [0.1, 0.15) is 15.4 Å². The fourth-order valence-electron chi connectivity index (χ4n) is 2.04. The van der Waals surface area contributed by atoms with Crippen LogP contribution in [-0.2, 0) is 11.3 Å². The minimum Gasteiger partial charge on any atom is -0.351 e. The second-order valence-electron chi connectivity index (χ2n) is 5.24. The van der Waals surface area contributed by atoms with Crippen molar-refractivity contribution in [1.82, 2.24) is 15.5 Å². The molecular formula is C18H16N4O2S2. The number of carbonyl (C=O) groups is 2. The van der Waals surface area contributed by atoms with E-state index in [-0.39, 0.29) is 22.6 Å². The maximum atomic E-state index is 12.1. The van der Waals surface area contributed by atoms with Crippen molar-refractivity contribution in [2.45, 2.75) is 10.9 Å². The minimum atomic E-state index is -0.311. The second-order valence-corrected chi connectivity index (χ2v) is 7.44. The van der Waals surface area contributed by atoms with Gasteiger partial charge >= 0.3 is 0 Å². The summed E-state index contributed by atoms with van der Waals surface area (Å²) >= 11 is 2.43. The van der Waals surface area contributed by atoms with Gasteiger partial charge in [0.15, 0.2) is 4.34 Å². The highest BCUT2D eigenvalue weighted by Crippen LogP contribution is 2.22. The molecule has 132 valence electrons. The van der Waals surface area contributed by atoms with Crippen molar-refractivity contribution in [1.29, 1.82) is 0 Å². The van der Waals surface area contributed by atoms with Crippen LogP contribution in [0.2, 0.25) is 0 Å². The van der Waals surface area contributed by atoms with Gasteiger partial charge in [0.25, 0.3) is 5.91 Å². The first kappa shape index (κ1) is 18.1. The third-order valence-corrected chi connectivity index (χ3v) is 5.35. The zero-order valence-electron chi connectivity index (χ0n) is 13.7. The highest BCUT2D eigenvalue weighted by atomic mass is 32.2. The first-order chi connectivity index (χ1) is 12.7. The molecule has 8 heteroatoms. The number of thioether (sulfide) groups is 1. The van der Waals surface area contributed by atoms with Crippen LogP contribution in [0.25, 0.3) is 0 Å². The van der Waals surface area contributed by atoms with Crippen LogP contribution in [0.15, 0.2) is 65.0 Å². The molecule has 0 spiro atoms. The number of hydrogen-bond acceptors (Lipinski definition) is 6. The number of benzene rings is 2. The molecule has 6 nitrogen and oxygen atoms in total. The summed E-state index contributed by atoms with van der Waals surface area (Å²) < 4.78 is 0.582. The van der Waals surface area contributed by atoms with E-state index in [1.165, 1.54) is 23.1 Å². The number of hydrogen-bond donors (Lipinski definition) is 2. The topological polar surface area (TPSA) is 84.0 Å². The Balaban J connectivity index is 1.46. The number of nitrogens with one attached hydrogen (secondary N) is 2. The minimum absolute atomic E-state index is 0.0932. The Kier molecular flexibility index (Phi) is 6.34. The summed E-state index contributed by atoms with van der Waals surface area (Å²) in [6.07, 6.45) is 0. The molecule has 1 aromatic heterocycles. The van der Waals surface area contributed by atoms with Crippen molar-refractivity contribution in [3.8, 4) is 0 Å². The molecule has 0 atom stereocenters. The first-order valence-corrected chi connectivity index (χ1v) is 9.64. The lowest BCUT2D eigenvalue weighted by Gasteiger charge is -2.03. The average molecular weight is 384 g/mol. The SMILES string of the molecule is O=C(CSc1nnc(C(=O)Nc2ccccc2)s1)NCc1ccccc1. The molecule has 0 saturated heterocycles. The van der Waals surface area contributed by atoms with E-state index in [9.17, 15) is 9.59 Å². The third kappa shape index (κ3) is 5.40. The van der Waals surface area contributed by atoms with Gasteiger partial charge in [0, 0.05) is 12.2 Å². The third-order valence-electron chi connectivity index (χ3n) is 3.29. The molecule has 2 aromatic carbocycles. The highest BCUT2D eigenvalue weighted by Gasteiger charge is 2.14. The van der Waals surface area contributed by atoms with Gasteiger partial charge in [0.1, 0.15) is 0 Å². The quantitative estimate of drug-likeness (QED) is 0.611. The molecule has 2 amide bonds. The van der Waals surface area contributed by atoms with Crippen molar-refractivity contribution in [2.24, 2.45) is 0 Å². The summed E-state index contributed by atoms with van der Waals surface area (Å²) in [5, 5.41) is 13.7. The molecule has 3 rings (SSSR count). The standard InChI is InChI=1S/C18H16N4O2S2/c23-15(19-11-13-7-3-1-4-8-13)12-25-18-22-21-17(26-18)16(24)20-14-9-5-2-6-10-14/h1-10H,11-12H2,(H,19,23)(H,20,24). The van der Waals surface area contributed by atoms with Crippen LogP contribution in [-0.4, -0.2) is 27.8 Å². The van der Waals surface area contributed by atoms with E-state index in [1.807, 2.05) is 48.5 Å². The lowest BCUT2D eigenvalue weighted by Crippen LogP contribution is -2.24. The number of carbonyl (C=O) groups excluding carboxylic acids is 2. The number of para-hydroxylation sites is 1. The van der Waals surface area contributed by atoms with E-state index in [4.69, 9.17) is 0 Å². The molecule has 26 heavy (non-hydrogen) atoms. The van der Waals surface area contributed by atoms with Crippen molar-refractivity contribution in [3.63, 3.8) is 0 Å². The van der Waals surface area contributed by atoms with E-state index in [1.54, 1.807) is 12.1 Å². The van der Waals surface area contributed by atoms with Crippen LogP contribution < -0.4 is 10.6 Å². The van der Waals surface area contributed by atoms with Crippen LogP contribution >= 0.6 is 23.1 Å². The Morgan fingerprint density at radius 2 is 1.65 bits per heavy atom. The summed E-state index contributed by atoms with van der Waals surface area (Å²) in [5.74, 6) is -0.180. The number of amides is 2. The Morgan fingerprint density at radius 1 is 0.962 bits per heavy atom. The average Bonchev–Trinajstić information content (AvgIpc) is 3.16. The molecule has 0 unspecified atom stereocenters. The smallest absolute Gasteiger partial charge is 0.286 e. The Bertz CT molecular complexity index is 869. The van der Waals surface area contributed by atoms with Gasteiger partial charge in [-0.2, -0.15) is 0 Å². The second kappa shape index (κ2) is 9.12. The number of anilines is 1. The predicted octanol–water partition coefficient (Wildman–Crippen LogP) is 3.20. The Labute approximate surface area is 159 Å². The molecule has 0 aliphatic heterocycles. The highest BCUT2D eigenvalue weighted by molar-refractivity contribution is 8.01. The summed E-state index contributed by atoms with van der Waals surface area (Å²) in [6.45, 7) is 0.487. The van der Waals surface area contributed by atoms with Crippen molar-refractivity contribution >= 4 is 40.6 Å². The lowest BCUT2D eigenvalue weighted by atomic mass is 10.2. The summed E-state index contributed by atoms with van der Waals surface area (Å²) in [7, 11) is 0. The maximum Gasteiger partial charge on any atom is 0.286 e. The van der Waals surface area contributed by atoms with Gasteiger partial charge in [-0.3, -0.25) is 9.59 Å². The van der Waals surface area contributed by atoms with Crippen molar-refractivity contribution < 1.29 is 9.59 Å². The van der Waals surface area contributed by atoms with Crippen LogP contribution in [0.3, 0.4) is 0 Å². The van der Waals surface area contributed by atoms with E-state index >= 15 is 0 Å². The number of rotatable bonds is 7. The number of nitrogens with zero attached hydrogens (tertiary/aromatic N) is 2. The molecule has 0 radical (unpaired) electrons. The zero-order valence-corrected chi connectivity index (χ0v) is 15.3. The van der Waals surface area contributed by atoms with Crippen LogP contribution in [0, 0.1) is 0 Å². The lowest BCUT2D eigenvalue weighted by molar-refractivity contribution is -0.118. The van der Waals surface area contributed by atoms with Gasteiger partial charge in [-0.25, -0.2) is 0 Å². The van der Waals surface area contributed by atoms with Gasteiger partial charge in [0.05, 0.1) is 5.75 Å². The molecule has 0 aliphatic rings. The predicted molar refractivity (Wildman–Crippen MR) is 103 cm³/mol. The number of aromatic nitrogens is 2. The van der Waals surface area contributed by atoms with Crippen molar-refractivity contribution in [2.75, 3.05) is 11.1 Å². The first-order valence-electron chi connectivity index (χ1n) is 7.84. The molecule has 1 heterocycles. The molecular weight excluding hydrogens is 368 g/mol. The zero-order chi connectivity index (χ0) is 18.2. The normalized spacial score (nSPS) is 10.3. The molecule has 2 N–H and O–H groups in total. The summed E-state index contributed by atoms with van der Waals surface area (Å²) in [4.78, 5) is 24.0. The van der Waals surface area contributed by atoms with Gasteiger partial charge in [-0.15, -0.1) is 10.2 Å². The molecule has 3 aromatic rings. The Morgan fingerprint density at radius 3 is 2.38 bits per heavy atom. The van der Waals surface area contributed by atoms with Gasteiger partial charge in [0.2, 0.25) is 10.9 Å². The van der Waals surface area contributed by atoms with E-state index in [2.05, 4.69) is 20.8 Å². The fourth-order valence-corrected chi connectivity index (χ4v) is 3.62. The molecule has 0 fully saturated rings. The van der Waals surface area contributed by atoms with Crippen LogP contribution in [0.5, 0.6) is 0 Å². The molecule has 0 saturated carbocycles. The largest absolute Gasteiger partial charge is 0.351 e. The van der Waals surface area contributed by atoms with E-state index in [0.717, 1.165) is 5.56 Å². The van der Waals surface area contributed by atoms with Gasteiger partial charge in [-0.05, 0) is 17.7 Å². The van der Waals surface area contributed by atoms with E-state index < -0.39 is 0 Å². The maximum absolute atomic E-state index is 12.1. The summed E-state index contributed by atoms with van der Waals surface area (Å²) in [5.41, 5.74) is 1.74.